The highest BCUT2D eigenvalue weighted by Crippen LogP contribution is 2.39. The third-order valence-corrected chi connectivity index (χ3v) is 4.72. The summed E-state index contributed by atoms with van der Waals surface area (Å²) in [6, 6.07) is 6.15. The van der Waals surface area contributed by atoms with E-state index in [4.69, 9.17) is 4.74 Å². The number of aromatic nitrogens is 3. The zero-order valence-electron chi connectivity index (χ0n) is 16.4. The van der Waals surface area contributed by atoms with E-state index >= 15 is 0 Å². The SMILES string of the molecule is CC(C)N1CCOc2c(F)cc(-c3nc(Nc4ccc(C=O)cn4)ncc3F)cc21. The van der Waals surface area contributed by atoms with Crippen LogP contribution in [0.4, 0.5) is 26.2 Å². The van der Waals surface area contributed by atoms with Crippen LogP contribution in [-0.4, -0.2) is 40.4 Å². The van der Waals surface area contributed by atoms with Crippen LogP contribution in [0.15, 0.2) is 36.7 Å². The summed E-state index contributed by atoms with van der Waals surface area (Å²) in [7, 11) is 0. The fourth-order valence-corrected chi connectivity index (χ4v) is 3.27. The molecule has 1 N–H and O–H groups in total. The molecule has 0 saturated carbocycles. The first-order valence-electron chi connectivity index (χ1n) is 9.40. The third kappa shape index (κ3) is 3.78. The van der Waals surface area contributed by atoms with Crippen LogP contribution in [0.3, 0.4) is 0 Å². The van der Waals surface area contributed by atoms with Crippen LogP contribution in [0.5, 0.6) is 5.75 Å². The van der Waals surface area contributed by atoms with Gasteiger partial charge in [0.25, 0.3) is 0 Å². The molecule has 30 heavy (non-hydrogen) atoms. The molecule has 7 nitrogen and oxygen atoms in total. The van der Waals surface area contributed by atoms with Gasteiger partial charge in [-0.25, -0.2) is 23.7 Å². The van der Waals surface area contributed by atoms with Crippen molar-refractivity contribution in [3.05, 3.63) is 53.9 Å². The Labute approximate surface area is 171 Å². The van der Waals surface area contributed by atoms with E-state index in [2.05, 4.69) is 20.3 Å². The molecule has 0 fully saturated rings. The molecule has 3 heterocycles. The van der Waals surface area contributed by atoms with E-state index in [9.17, 15) is 13.6 Å². The van der Waals surface area contributed by atoms with Crippen molar-refractivity contribution < 1.29 is 18.3 Å². The molecule has 0 aliphatic carbocycles. The molecule has 0 amide bonds. The highest BCUT2D eigenvalue weighted by atomic mass is 19.1. The predicted octanol–water partition coefficient (Wildman–Crippen LogP) is 3.98. The van der Waals surface area contributed by atoms with Gasteiger partial charge in [-0.1, -0.05) is 0 Å². The number of hydrogen-bond acceptors (Lipinski definition) is 7. The van der Waals surface area contributed by atoms with Crippen molar-refractivity contribution in [1.82, 2.24) is 15.0 Å². The summed E-state index contributed by atoms with van der Waals surface area (Å²) < 4.78 is 34.8. The van der Waals surface area contributed by atoms with Gasteiger partial charge in [0.1, 0.15) is 18.1 Å². The van der Waals surface area contributed by atoms with E-state index in [1.807, 2.05) is 18.7 Å². The molecule has 3 aromatic rings. The minimum absolute atomic E-state index is 0.0482. The summed E-state index contributed by atoms with van der Waals surface area (Å²) in [5, 5.41) is 2.85. The van der Waals surface area contributed by atoms with Gasteiger partial charge in [-0.05, 0) is 38.1 Å². The van der Waals surface area contributed by atoms with Gasteiger partial charge in [0.2, 0.25) is 5.95 Å². The molecule has 0 unspecified atom stereocenters. The Morgan fingerprint density at radius 3 is 2.70 bits per heavy atom. The van der Waals surface area contributed by atoms with Crippen molar-refractivity contribution in [3.8, 4) is 17.0 Å². The largest absolute Gasteiger partial charge is 0.486 e. The normalized spacial score (nSPS) is 13.0. The molecule has 0 spiro atoms. The molecule has 4 rings (SSSR count). The zero-order chi connectivity index (χ0) is 21.3. The zero-order valence-corrected chi connectivity index (χ0v) is 16.4. The minimum Gasteiger partial charge on any atom is -0.486 e. The summed E-state index contributed by atoms with van der Waals surface area (Å²) in [4.78, 5) is 24.9. The van der Waals surface area contributed by atoms with Crippen LogP contribution < -0.4 is 15.0 Å². The Balaban J connectivity index is 1.71. The van der Waals surface area contributed by atoms with Gasteiger partial charge in [-0.15, -0.1) is 0 Å². The number of pyridine rings is 1. The topological polar surface area (TPSA) is 80.2 Å². The second-order valence-corrected chi connectivity index (χ2v) is 7.05. The summed E-state index contributed by atoms with van der Waals surface area (Å²) >= 11 is 0. The van der Waals surface area contributed by atoms with Crippen molar-refractivity contribution in [1.29, 1.82) is 0 Å². The number of carbonyl (C=O) groups excluding carboxylic acids is 1. The first-order chi connectivity index (χ1) is 14.5. The Kier molecular flexibility index (Phi) is 5.26. The van der Waals surface area contributed by atoms with Gasteiger partial charge in [-0.2, -0.15) is 0 Å². The number of nitrogens with zero attached hydrogens (tertiary/aromatic N) is 4. The molecule has 154 valence electrons. The number of benzene rings is 1. The number of aldehydes is 1. The van der Waals surface area contributed by atoms with E-state index < -0.39 is 11.6 Å². The lowest BCUT2D eigenvalue weighted by atomic mass is 10.1. The predicted molar refractivity (Wildman–Crippen MR) is 108 cm³/mol. The average Bonchev–Trinajstić information content (AvgIpc) is 2.75. The molecule has 0 bridgehead atoms. The summed E-state index contributed by atoms with van der Waals surface area (Å²) in [6.45, 7) is 4.98. The van der Waals surface area contributed by atoms with E-state index in [0.717, 1.165) is 6.20 Å². The van der Waals surface area contributed by atoms with E-state index in [0.29, 0.717) is 36.5 Å². The van der Waals surface area contributed by atoms with Crippen LogP contribution in [0.25, 0.3) is 11.3 Å². The molecule has 9 heteroatoms. The number of rotatable bonds is 5. The monoisotopic (exact) mass is 411 g/mol. The van der Waals surface area contributed by atoms with Crippen LogP contribution in [0.2, 0.25) is 0 Å². The lowest BCUT2D eigenvalue weighted by Gasteiger charge is -2.34. The average molecular weight is 411 g/mol. The van der Waals surface area contributed by atoms with Gasteiger partial charge in [0.05, 0.1) is 18.4 Å². The van der Waals surface area contributed by atoms with Crippen molar-refractivity contribution in [3.63, 3.8) is 0 Å². The third-order valence-electron chi connectivity index (χ3n) is 4.72. The number of hydrogen-bond donors (Lipinski definition) is 1. The fraction of sp³-hybridized carbons (Fsp3) is 0.238. The Morgan fingerprint density at radius 1 is 1.17 bits per heavy atom. The van der Waals surface area contributed by atoms with Gasteiger partial charge >= 0.3 is 0 Å². The molecule has 0 radical (unpaired) electrons. The van der Waals surface area contributed by atoms with E-state index in [1.165, 1.54) is 12.3 Å². The highest BCUT2D eigenvalue weighted by Gasteiger charge is 2.25. The molecular weight excluding hydrogens is 392 g/mol. The van der Waals surface area contributed by atoms with E-state index in [1.54, 1.807) is 18.2 Å². The maximum atomic E-state index is 14.7. The van der Waals surface area contributed by atoms with Gasteiger partial charge in [-0.3, -0.25) is 4.79 Å². The van der Waals surface area contributed by atoms with Crippen LogP contribution in [0, 0.1) is 11.6 Å². The first-order valence-corrected chi connectivity index (χ1v) is 9.40. The smallest absolute Gasteiger partial charge is 0.229 e. The number of anilines is 3. The quantitative estimate of drug-likeness (QED) is 0.636. The highest BCUT2D eigenvalue weighted by molar-refractivity contribution is 5.75. The standard InChI is InChI=1S/C21H19F2N5O2/c1-12(2)28-5-6-30-20-15(22)7-14(8-17(20)28)19-16(23)10-25-21(27-19)26-18-4-3-13(11-29)9-24-18/h3-4,7-12H,5-6H2,1-2H3,(H,24,25,26,27). The lowest BCUT2D eigenvalue weighted by molar-refractivity contribution is 0.112. The summed E-state index contributed by atoms with van der Waals surface area (Å²) in [5.41, 5.74) is 1.20. The van der Waals surface area contributed by atoms with E-state index in [-0.39, 0.29) is 29.0 Å². The van der Waals surface area contributed by atoms with Crippen molar-refractivity contribution >= 4 is 23.7 Å². The number of ether oxygens (including phenoxy) is 1. The maximum Gasteiger partial charge on any atom is 0.229 e. The number of fused-ring (bicyclic) bond motifs is 1. The second kappa shape index (κ2) is 8.02. The molecule has 1 aliphatic rings. The molecule has 0 saturated heterocycles. The lowest BCUT2D eigenvalue weighted by Crippen LogP contribution is -2.38. The van der Waals surface area contributed by atoms with Crippen molar-refractivity contribution in [2.45, 2.75) is 19.9 Å². The van der Waals surface area contributed by atoms with Gasteiger partial charge < -0.3 is 15.0 Å². The molecule has 1 aromatic carbocycles. The summed E-state index contributed by atoms with van der Waals surface area (Å²) in [6.07, 6.45) is 3.08. The number of carbonyl (C=O) groups is 1. The molecular formula is C21H19F2N5O2. The minimum atomic E-state index is -0.683. The van der Waals surface area contributed by atoms with Crippen LogP contribution in [0.1, 0.15) is 24.2 Å². The fourth-order valence-electron chi connectivity index (χ4n) is 3.27. The number of halogens is 2. The van der Waals surface area contributed by atoms with Crippen molar-refractivity contribution in [2.75, 3.05) is 23.4 Å². The molecule has 0 atom stereocenters. The van der Waals surface area contributed by atoms with Gasteiger partial charge in [0.15, 0.2) is 23.7 Å². The molecule has 2 aromatic heterocycles. The summed E-state index contributed by atoms with van der Waals surface area (Å²) in [5.74, 6) is -0.628. The first kappa shape index (κ1) is 19.7. The Morgan fingerprint density at radius 2 is 2.00 bits per heavy atom. The van der Waals surface area contributed by atoms with Crippen molar-refractivity contribution in [2.24, 2.45) is 0 Å². The van der Waals surface area contributed by atoms with Crippen LogP contribution in [-0.2, 0) is 0 Å². The Hall–Kier alpha value is -3.62. The Bertz CT molecular complexity index is 1090. The number of nitrogens with one attached hydrogen (secondary N) is 1. The second-order valence-electron chi connectivity index (χ2n) is 7.05. The molecule has 1 aliphatic heterocycles. The van der Waals surface area contributed by atoms with Gasteiger partial charge in [0, 0.05) is 23.4 Å². The van der Waals surface area contributed by atoms with Crippen LogP contribution >= 0.6 is 0 Å². The maximum absolute atomic E-state index is 14.7.